The second kappa shape index (κ2) is 12.7. The Balaban J connectivity index is 1.15. The molecule has 252 valence electrons. The molecule has 0 fully saturated rings. The molecule has 0 radical (unpaired) electrons. The molecule has 9 rings (SSSR count). The first kappa shape index (κ1) is 32.0. The lowest BCUT2D eigenvalue weighted by molar-refractivity contribution is 0.241. The van der Waals surface area contributed by atoms with E-state index in [0.29, 0.717) is 17.6 Å². The number of rotatable bonds is 5. The van der Waals surface area contributed by atoms with E-state index in [1.54, 1.807) is 0 Å². The molecule has 0 saturated heterocycles. The van der Waals surface area contributed by atoms with E-state index >= 15 is 0 Å². The lowest BCUT2D eigenvalue weighted by atomic mass is 9.60. The lowest BCUT2D eigenvalue weighted by Gasteiger charge is -2.44. The number of allylic oxidation sites excluding steroid dienone is 6. The van der Waals surface area contributed by atoms with Crippen LogP contribution in [0.3, 0.4) is 0 Å². The Kier molecular flexibility index (Phi) is 7.81. The third kappa shape index (κ3) is 5.40. The summed E-state index contributed by atoms with van der Waals surface area (Å²) < 4.78 is 0. The summed E-state index contributed by atoms with van der Waals surface area (Å²) >= 11 is 0. The van der Waals surface area contributed by atoms with E-state index in [9.17, 15) is 0 Å². The molecule has 6 aromatic carbocycles. The van der Waals surface area contributed by atoms with Crippen molar-refractivity contribution in [3.8, 4) is 45.0 Å². The molecule has 0 saturated carbocycles. The lowest BCUT2D eigenvalue weighted by Crippen LogP contribution is -2.36. The fourth-order valence-electron chi connectivity index (χ4n) is 8.64. The summed E-state index contributed by atoms with van der Waals surface area (Å²) in [6, 6.07) is 43.6. The van der Waals surface area contributed by atoms with Crippen molar-refractivity contribution in [2.75, 3.05) is 0 Å². The van der Waals surface area contributed by atoms with Crippen LogP contribution >= 0.6 is 0 Å². The van der Waals surface area contributed by atoms with Crippen molar-refractivity contribution in [2.45, 2.75) is 40.0 Å². The third-order valence-electron chi connectivity index (χ3n) is 11.6. The van der Waals surface area contributed by atoms with Gasteiger partial charge in [-0.2, -0.15) is 0 Å². The Morgan fingerprint density at radius 3 is 1.56 bits per heavy atom. The molecular weight excluding hydrogens is 631 g/mol. The molecular formula is C49H41N3. The van der Waals surface area contributed by atoms with Crippen LogP contribution in [0.25, 0.3) is 66.6 Å². The zero-order chi connectivity index (χ0) is 35.4. The van der Waals surface area contributed by atoms with E-state index in [2.05, 4.69) is 179 Å². The van der Waals surface area contributed by atoms with Crippen molar-refractivity contribution in [3.63, 3.8) is 0 Å². The van der Waals surface area contributed by atoms with E-state index in [-0.39, 0.29) is 11.3 Å². The molecule has 0 bridgehead atoms. The molecule has 1 aromatic heterocycles. The topological polar surface area (TPSA) is 38.7 Å². The summed E-state index contributed by atoms with van der Waals surface area (Å²) in [4.78, 5) is 15.7. The van der Waals surface area contributed by atoms with Crippen LogP contribution in [-0.2, 0) is 0 Å². The maximum absolute atomic E-state index is 5.26. The minimum Gasteiger partial charge on any atom is -0.212 e. The van der Waals surface area contributed by atoms with E-state index in [4.69, 9.17) is 15.0 Å². The van der Waals surface area contributed by atoms with Gasteiger partial charge in [0.2, 0.25) is 0 Å². The van der Waals surface area contributed by atoms with Crippen LogP contribution in [-0.4, -0.2) is 15.0 Å². The number of hydrogen-bond acceptors (Lipinski definition) is 3. The molecule has 0 N–H and O–H groups in total. The second-order valence-electron chi connectivity index (χ2n) is 14.8. The first-order valence-corrected chi connectivity index (χ1v) is 18.3. The fourth-order valence-corrected chi connectivity index (χ4v) is 8.64. The van der Waals surface area contributed by atoms with Gasteiger partial charge in [-0.15, -0.1) is 0 Å². The maximum Gasteiger partial charge on any atom is 0.163 e. The van der Waals surface area contributed by atoms with E-state index in [0.717, 1.165) is 23.4 Å². The normalized spacial score (nSPS) is 19.5. The van der Waals surface area contributed by atoms with Gasteiger partial charge >= 0.3 is 0 Å². The number of fused-ring (bicyclic) bond motifs is 3. The van der Waals surface area contributed by atoms with Crippen molar-refractivity contribution in [2.24, 2.45) is 11.3 Å². The van der Waals surface area contributed by atoms with Gasteiger partial charge in [-0.1, -0.05) is 164 Å². The van der Waals surface area contributed by atoms with Gasteiger partial charge in [0.1, 0.15) is 5.82 Å². The van der Waals surface area contributed by atoms with Crippen molar-refractivity contribution < 1.29 is 0 Å². The first-order chi connectivity index (χ1) is 25.4. The average molecular weight is 672 g/mol. The van der Waals surface area contributed by atoms with Crippen LogP contribution in [0.2, 0.25) is 0 Å². The van der Waals surface area contributed by atoms with Gasteiger partial charge in [0.25, 0.3) is 0 Å². The zero-order valence-electron chi connectivity index (χ0n) is 30.1. The summed E-state index contributed by atoms with van der Waals surface area (Å²) in [7, 11) is 0. The molecule has 0 amide bonds. The van der Waals surface area contributed by atoms with Crippen molar-refractivity contribution in [3.05, 3.63) is 174 Å². The number of hydrogen-bond donors (Lipinski definition) is 0. The first-order valence-electron chi connectivity index (χ1n) is 18.3. The fraction of sp³-hybridized carbons (Fsp3) is 0.163. The molecule has 52 heavy (non-hydrogen) atoms. The molecule has 0 aliphatic heterocycles. The Hall–Kier alpha value is -5.93. The quantitative estimate of drug-likeness (QED) is 0.171. The van der Waals surface area contributed by atoms with E-state index < -0.39 is 0 Å². The number of aromatic nitrogens is 3. The largest absolute Gasteiger partial charge is 0.212 e. The Bertz CT molecular complexity index is 2440. The highest BCUT2D eigenvalue weighted by molar-refractivity contribution is 5.99. The number of benzene rings is 6. The molecule has 1 heterocycles. The standard InChI is InChI=1S/C49H41N3/c1-31-11-5-18-42-38(31)14-7-16-40(42)34-22-26-36(27-23-34)46-50-47(52-48(51-46)45-21-9-20-44-33(3)13-10-30-49(44,45)4)37-28-24-35(25-29-37)41-17-8-15-39-32(2)12-6-19-43(39)41/h5-19,21-30,44-45H,20H2,1-4H3. The van der Waals surface area contributed by atoms with E-state index in [1.807, 2.05) is 0 Å². The molecule has 2 aliphatic rings. The Morgan fingerprint density at radius 1 is 0.538 bits per heavy atom. The van der Waals surface area contributed by atoms with Crippen LogP contribution in [0.1, 0.15) is 43.1 Å². The van der Waals surface area contributed by atoms with Crippen LogP contribution in [0, 0.1) is 25.2 Å². The Morgan fingerprint density at radius 2 is 1.02 bits per heavy atom. The van der Waals surface area contributed by atoms with Gasteiger partial charge in [-0.05, 0) is 88.0 Å². The highest BCUT2D eigenvalue weighted by Crippen LogP contribution is 2.52. The molecule has 2 aliphatic carbocycles. The monoisotopic (exact) mass is 671 g/mol. The molecule has 3 atom stereocenters. The summed E-state index contributed by atoms with van der Waals surface area (Å²) in [5.41, 5.74) is 10.6. The molecule has 3 nitrogen and oxygen atoms in total. The van der Waals surface area contributed by atoms with Crippen molar-refractivity contribution in [1.29, 1.82) is 0 Å². The molecule has 7 aromatic rings. The summed E-state index contributed by atoms with van der Waals surface area (Å²) in [5.74, 6) is 2.62. The average Bonchev–Trinajstić information content (AvgIpc) is 3.18. The van der Waals surface area contributed by atoms with Crippen LogP contribution in [0.5, 0.6) is 0 Å². The van der Waals surface area contributed by atoms with E-state index in [1.165, 1.54) is 60.5 Å². The zero-order valence-corrected chi connectivity index (χ0v) is 30.1. The van der Waals surface area contributed by atoms with Gasteiger partial charge in [0.05, 0.1) is 0 Å². The highest BCUT2D eigenvalue weighted by Gasteiger charge is 2.44. The summed E-state index contributed by atoms with van der Waals surface area (Å²) in [6.45, 7) is 8.97. The van der Waals surface area contributed by atoms with Crippen molar-refractivity contribution in [1.82, 2.24) is 15.0 Å². The Labute approximate surface area is 306 Å². The molecule has 3 unspecified atom stereocenters. The predicted octanol–water partition coefficient (Wildman–Crippen LogP) is 12.6. The molecule has 0 spiro atoms. The highest BCUT2D eigenvalue weighted by atomic mass is 15.0. The van der Waals surface area contributed by atoms with Crippen LogP contribution < -0.4 is 0 Å². The van der Waals surface area contributed by atoms with Crippen LogP contribution in [0.4, 0.5) is 0 Å². The summed E-state index contributed by atoms with van der Waals surface area (Å²) in [5, 5.41) is 5.09. The maximum atomic E-state index is 5.26. The van der Waals surface area contributed by atoms with Gasteiger partial charge in [0.15, 0.2) is 11.6 Å². The minimum atomic E-state index is -0.129. The van der Waals surface area contributed by atoms with Gasteiger partial charge in [-0.25, -0.2) is 15.0 Å². The predicted molar refractivity (Wildman–Crippen MR) is 217 cm³/mol. The van der Waals surface area contributed by atoms with Gasteiger partial charge in [-0.3, -0.25) is 0 Å². The molecule has 3 heteroatoms. The van der Waals surface area contributed by atoms with Gasteiger partial charge in [0, 0.05) is 22.5 Å². The second-order valence-corrected chi connectivity index (χ2v) is 14.8. The van der Waals surface area contributed by atoms with Gasteiger partial charge < -0.3 is 0 Å². The number of nitrogens with zero attached hydrogens (tertiary/aromatic N) is 3. The number of aryl methyl sites for hydroxylation is 2. The van der Waals surface area contributed by atoms with Crippen molar-refractivity contribution >= 4 is 21.5 Å². The third-order valence-corrected chi connectivity index (χ3v) is 11.6. The SMILES string of the molecule is CC1=CC=CC2(C)C1CC=CC2c1nc(-c2ccc(-c3cccc4c(C)cccc34)cc2)nc(-c2ccc(-c3cccc4c(C)cccc34)cc2)n1. The smallest absolute Gasteiger partial charge is 0.163 e. The minimum absolute atomic E-state index is 0.0167. The van der Waals surface area contributed by atoms with Crippen LogP contribution in [0.15, 0.2) is 157 Å². The summed E-state index contributed by atoms with van der Waals surface area (Å²) in [6.07, 6.45) is 12.5.